The lowest BCUT2D eigenvalue weighted by atomic mass is 9.95. The zero-order valence-corrected chi connectivity index (χ0v) is 25.6. The van der Waals surface area contributed by atoms with Crippen LogP contribution in [0.1, 0.15) is 47.1 Å². The number of fused-ring (bicyclic) bond motifs is 1. The molecule has 0 aliphatic carbocycles. The van der Waals surface area contributed by atoms with E-state index in [1.165, 1.54) is 11.3 Å². The van der Waals surface area contributed by atoms with E-state index < -0.39 is 12.0 Å². The molecule has 1 aliphatic rings. The number of carbonyl (C=O) groups excluding carboxylic acids is 1. The number of carboxylic acids is 1. The molecule has 0 spiro atoms. The van der Waals surface area contributed by atoms with Gasteiger partial charge >= 0.3 is 5.97 Å². The van der Waals surface area contributed by atoms with Crippen LogP contribution in [0.4, 0.5) is 5.69 Å². The third-order valence-electron chi connectivity index (χ3n) is 7.53. The van der Waals surface area contributed by atoms with Crippen molar-refractivity contribution in [2.45, 2.75) is 26.8 Å². The molecule has 5 aromatic rings. The molecule has 3 heterocycles. The highest BCUT2D eigenvalue weighted by Gasteiger charge is 2.32. The normalized spacial score (nSPS) is 14.6. The number of anilines is 1. The quantitative estimate of drug-likeness (QED) is 0.235. The lowest BCUT2D eigenvalue weighted by molar-refractivity contribution is -0.113. The van der Waals surface area contributed by atoms with E-state index in [0.29, 0.717) is 61.3 Å². The number of benzene rings is 3. The number of nitrogens with zero attached hydrogens (tertiary/aromatic N) is 2. The van der Waals surface area contributed by atoms with Crippen LogP contribution in [0.15, 0.2) is 110 Å². The predicted molar refractivity (Wildman–Crippen MR) is 172 cm³/mol. The number of carboxylic acid groups (broad SMARTS) is 1. The number of ether oxygens (including phenoxy) is 1. The first-order valence-electron chi connectivity index (χ1n) is 14.3. The first kappa shape index (κ1) is 29.6. The highest BCUT2D eigenvalue weighted by molar-refractivity contribution is 7.07. The summed E-state index contributed by atoms with van der Waals surface area (Å²) in [5, 5.41) is 12.5. The van der Waals surface area contributed by atoms with Crippen LogP contribution >= 0.6 is 11.3 Å². The van der Waals surface area contributed by atoms with Crippen molar-refractivity contribution in [2.24, 2.45) is 4.99 Å². The zero-order valence-electron chi connectivity index (χ0n) is 24.7. The lowest BCUT2D eigenvalue weighted by Crippen LogP contribution is -2.40. The number of hydrogen-bond donors (Lipinski definition) is 2. The van der Waals surface area contributed by atoms with Gasteiger partial charge in [-0.2, -0.15) is 0 Å². The molecule has 3 aromatic carbocycles. The number of furan rings is 1. The van der Waals surface area contributed by atoms with E-state index in [1.54, 1.807) is 67.0 Å². The van der Waals surface area contributed by atoms with Crippen molar-refractivity contribution < 1.29 is 23.8 Å². The minimum atomic E-state index is -1.02. The Hall–Kier alpha value is -5.48. The van der Waals surface area contributed by atoms with Gasteiger partial charge in [-0.15, -0.1) is 0 Å². The molecule has 6 rings (SSSR count). The van der Waals surface area contributed by atoms with Crippen LogP contribution in [0.2, 0.25) is 0 Å². The van der Waals surface area contributed by atoms with Gasteiger partial charge in [0.15, 0.2) is 4.80 Å². The predicted octanol–water partition coefficient (Wildman–Crippen LogP) is 5.54. The number of hydrogen-bond acceptors (Lipinski definition) is 7. The minimum absolute atomic E-state index is 0.190. The second-order valence-corrected chi connectivity index (χ2v) is 11.4. The van der Waals surface area contributed by atoms with Crippen LogP contribution in [0, 0.1) is 6.92 Å². The third-order valence-corrected chi connectivity index (χ3v) is 8.52. The molecule has 2 N–H and O–H groups in total. The topological polar surface area (TPSA) is 123 Å². The molecule has 0 saturated carbocycles. The molecule has 1 aliphatic heterocycles. The van der Waals surface area contributed by atoms with Gasteiger partial charge in [0.1, 0.15) is 17.3 Å². The SMILES string of the molecule is CCOc1ccc([C@H]2C(C(=O)Nc3ccccc3)=C(C)N=c3s/c(=C\c4ccc(-c5cccc(C(=O)O)c5C)o4)c(=O)n32)cc1. The fourth-order valence-corrected chi connectivity index (χ4v) is 6.43. The molecule has 226 valence electrons. The summed E-state index contributed by atoms with van der Waals surface area (Å²) in [6.45, 7) is 5.91. The van der Waals surface area contributed by atoms with Gasteiger partial charge in [0.05, 0.1) is 34.0 Å². The summed E-state index contributed by atoms with van der Waals surface area (Å²) >= 11 is 1.20. The first-order chi connectivity index (χ1) is 21.7. The van der Waals surface area contributed by atoms with Crippen molar-refractivity contribution in [1.82, 2.24) is 4.57 Å². The van der Waals surface area contributed by atoms with Gasteiger partial charge in [-0.1, -0.05) is 53.8 Å². The van der Waals surface area contributed by atoms with Gasteiger partial charge in [0.2, 0.25) is 0 Å². The van der Waals surface area contributed by atoms with E-state index >= 15 is 0 Å². The van der Waals surface area contributed by atoms with Crippen LogP contribution < -0.4 is 24.9 Å². The van der Waals surface area contributed by atoms with Gasteiger partial charge in [0, 0.05) is 17.3 Å². The van der Waals surface area contributed by atoms with E-state index in [2.05, 4.69) is 5.32 Å². The number of allylic oxidation sites excluding steroid dienone is 1. The Morgan fingerprint density at radius 3 is 2.49 bits per heavy atom. The van der Waals surface area contributed by atoms with E-state index in [1.807, 2.05) is 49.4 Å². The summed E-state index contributed by atoms with van der Waals surface area (Å²) in [5.74, 6) is 0.215. The molecule has 10 heteroatoms. The average molecular weight is 620 g/mol. The van der Waals surface area contributed by atoms with E-state index in [4.69, 9.17) is 14.1 Å². The monoisotopic (exact) mass is 619 g/mol. The maximum absolute atomic E-state index is 14.1. The summed E-state index contributed by atoms with van der Waals surface area (Å²) in [6.07, 6.45) is 1.64. The summed E-state index contributed by atoms with van der Waals surface area (Å²) in [5.41, 5.74) is 3.32. The van der Waals surface area contributed by atoms with Gasteiger partial charge in [-0.05, 0) is 74.4 Å². The van der Waals surface area contributed by atoms with Crippen molar-refractivity contribution in [3.63, 3.8) is 0 Å². The highest BCUT2D eigenvalue weighted by atomic mass is 32.1. The van der Waals surface area contributed by atoms with Crippen molar-refractivity contribution >= 4 is 35.0 Å². The fraction of sp³-hybridized carbons (Fsp3) is 0.143. The summed E-state index contributed by atoms with van der Waals surface area (Å²) < 4.78 is 13.6. The van der Waals surface area contributed by atoms with Crippen LogP contribution in [0.3, 0.4) is 0 Å². The fourth-order valence-electron chi connectivity index (χ4n) is 5.40. The van der Waals surface area contributed by atoms with Crippen molar-refractivity contribution in [1.29, 1.82) is 0 Å². The maximum atomic E-state index is 14.1. The molecule has 9 nitrogen and oxygen atoms in total. The Labute approximate surface area is 262 Å². The summed E-state index contributed by atoms with van der Waals surface area (Å²) in [4.78, 5) is 44.6. The van der Waals surface area contributed by atoms with Gasteiger partial charge in [-0.25, -0.2) is 9.79 Å². The first-order valence-corrected chi connectivity index (χ1v) is 15.1. The van der Waals surface area contributed by atoms with Gasteiger partial charge < -0.3 is 19.6 Å². The van der Waals surface area contributed by atoms with Crippen LogP contribution in [0.25, 0.3) is 17.4 Å². The average Bonchev–Trinajstić information content (AvgIpc) is 3.61. The number of rotatable bonds is 8. The highest BCUT2D eigenvalue weighted by Crippen LogP contribution is 2.32. The number of carbonyl (C=O) groups is 2. The number of aromatic carboxylic acids is 1. The molecule has 0 fully saturated rings. The molecular weight excluding hydrogens is 590 g/mol. The number of para-hydroxylation sites is 1. The molecular formula is C35H29N3O6S. The molecule has 1 amide bonds. The number of amides is 1. The third kappa shape index (κ3) is 5.75. The van der Waals surface area contributed by atoms with Crippen molar-refractivity contribution in [3.05, 3.63) is 138 Å². The van der Waals surface area contributed by atoms with E-state index in [9.17, 15) is 19.5 Å². The Morgan fingerprint density at radius 2 is 1.78 bits per heavy atom. The molecule has 0 radical (unpaired) electrons. The summed E-state index contributed by atoms with van der Waals surface area (Å²) in [6, 6.07) is 24.2. The van der Waals surface area contributed by atoms with Crippen molar-refractivity contribution in [3.8, 4) is 17.1 Å². The van der Waals surface area contributed by atoms with Crippen LogP contribution in [-0.2, 0) is 4.79 Å². The van der Waals surface area contributed by atoms with Crippen molar-refractivity contribution in [2.75, 3.05) is 11.9 Å². The largest absolute Gasteiger partial charge is 0.494 e. The number of aromatic nitrogens is 1. The smallest absolute Gasteiger partial charge is 0.335 e. The second-order valence-electron chi connectivity index (χ2n) is 10.4. The van der Waals surface area contributed by atoms with Crippen LogP contribution in [-0.4, -0.2) is 28.2 Å². The number of nitrogens with one attached hydrogen (secondary N) is 1. The summed E-state index contributed by atoms with van der Waals surface area (Å²) in [7, 11) is 0. The Kier molecular flexibility index (Phi) is 8.06. The maximum Gasteiger partial charge on any atom is 0.335 e. The van der Waals surface area contributed by atoms with E-state index in [-0.39, 0.29) is 17.0 Å². The lowest BCUT2D eigenvalue weighted by Gasteiger charge is -2.25. The van der Waals surface area contributed by atoms with Gasteiger partial charge in [-0.3, -0.25) is 14.2 Å². The molecule has 45 heavy (non-hydrogen) atoms. The molecule has 2 aromatic heterocycles. The zero-order chi connectivity index (χ0) is 31.7. The minimum Gasteiger partial charge on any atom is -0.494 e. The molecule has 0 saturated heterocycles. The van der Waals surface area contributed by atoms with E-state index in [0.717, 1.165) is 5.56 Å². The molecule has 1 atom stereocenters. The Balaban J connectivity index is 1.44. The standard InChI is InChI=1S/C35H29N3O6S/c1-4-43-24-15-13-22(14-16-24)31-30(32(39)37-23-9-6-5-7-10-23)21(3)36-35-38(31)33(40)29(45-35)19-25-17-18-28(44-25)26-11-8-12-27(20(26)2)34(41)42/h5-19,31H,4H2,1-3H3,(H,37,39)(H,41,42)/b29-19-/t31-/m0/s1. The Bertz CT molecular complexity index is 2140. The second kappa shape index (κ2) is 12.3. The van der Waals surface area contributed by atoms with Crippen LogP contribution in [0.5, 0.6) is 5.75 Å². The number of thiazole rings is 1. The Morgan fingerprint density at radius 1 is 1.02 bits per heavy atom. The molecule has 0 bridgehead atoms. The molecule has 0 unspecified atom stereocenters. The van der Waals surface area contributed by atoms with Gasteiger partial charge in [0.25, 0.3) is 11.5 Å².